The van der Waals surface area contributed by atoms with E-state index in [1.165, 1.54) is 11.6 Å². The van der Waals surface area contributed by atoms with Crippen molar-refractivity contribution in [3.8, 4) is 11.8 Å². The number of hydrogen-bond acceptors (Lipinski definition) is 3. The molecule has 0 atom stereocenters. The number of carbonyl (C=O) groups excluding carboxylic acids is 1. The summed E-state index contributed by atoms with van der Waals surface area (Å²) in [4.78, 5) is 11.4. The molecule has 0 fully saturated rings. The van der Waals surface area contributed by atoms with Crippen molar-refractivity contribution in [2.24, 2.45) is 0 Å². The molecule has 0 spiro atoms. The van der Waals surface area contributed by atoms with Gasteiger partial charge in [-0.25, -0.2) is 0 Å². The Balaban J connectivity index is 0.00000162. The molecular formula is C13H10IrN3O-. The second kappa shape index (κ2) is 5.72. The molecule has 2 rings (SSSR count). The van der Waals surface area contributed by atoms with Crippen molar-refractivity contribution in [3.05, 3.63) is 47.3 Å². The summed E-state index contributed by atoms with van der Waals surface area (Å²) < 4.78 is 1.53. The van der Waals surface area contributed by atoms with E-state index in [0.717, 1.165) is 5.56 Å². The van der Waals surface area contributed by atoms with Crippen LogP contribution in [0.1, 0.15) is 28.5 Å². The Morgan fingerprint density at radius 2 is 2.28 bits per heavy atom. The van der Waals surface area contributed by atoms with Crippen molar-refractivity contribution >= 4 is 5.78 Å². The monoisotopic (exact) mass is 417 g/mol. The van der Waals surface area contributed by atoms with Crippen LogP contribution in [-0.4, -0.2) is 15.6 Å². The van der Waals surface area contributed by atoms with Gasteiger partial charge < -0.3 is 0 Å². The molecule has 1 aromatic heterocycles. The average molecular weight is 416 g/mol. The minimum Gasteiger partial charge on any atom is -0.297 e. The van der Waals surface area contributed by atoms with Gasteiger partial charge in [0.1, 0.15) is 11.9 Å². The van der Waals surface area contributed by atoms with Crippen LogP contribution in [0.15, 0.2) is 24.4 Å². The Morgan fingerprint density at radius 1 is 1.56 bits per heavy atom. The zero-order chi connectivity index (χ0) is 12.4. The van der Waals surface area contributed by atoms with Crippen LogP contribution in [0.2, 0.25) is 0 Å². The van der Waals surface area contributed by atoms with Crippen LogP contribution in [0.25, 0.3) is 5.69 Å². The van der Waals surface area contributed by atoms with Gasteiger partial charge in [0.25, 0.3) is 0 Å². The molecule has 2 aromatic rings. The molecule has 0 aliphatic rings. The largest absolute Gasteiger partial charge is 0.297 e. The molecule has 0 aliphatic heterocycles. The van der Waals surface area contributed by atoms with E-state index in [1.54, 1.807) is 24.4 Å². The fourth-order valence-electron chi connectivity index (χ4n) is 1.58. The number of aryl methyl sites for hydroxylation is 1. The van der Waals surface area contributed by atoms with E-state index in [9.17, 15) is 4.79 Å². The van der Waals surface area contributed by atoms with Gasteiger partial charge in [0.2, 0.25) is 0 Å². The summed E-state index contributed by atoms with van der Waals surface area (Å²) >= 11 is 0. The molecule has 1 aromatic carbocycles. The molecule has 5 heteroatoms. The van der Waals surface area contributed by atoms with Crippen LogP contribution in [0.5, 0.6) is 0 Å². The van der Waals surface area contributed by atoms with Crippen LogP contribution in [-0.2, 0) is 20.1 Å². The number of hydrogen-bond donors (Lipinski definition) is 0. The molecular weight excluding hydrogens is 406 g/mol. The normalized spacial score (nSPS) is 9.39. The standard InChI is InChI=1S/C13H10N3O.Ir/c1-9-3-4-12(7-13(9)10(2)17)16-6-5-11(8-14)15-16;/h3,5-7H,1-2H3;/q-1;. The van der Waals surface area contributed by atoms with E-state index in [4.69, 9.17) is 5.26 Å². The number of rotatable bonds is 2. The van der Waals surface area contributed by atoms with Crippen LogP contribution >= 0.6 is 0 Å². The van der Waals surface area contributed by atoms with Gasteiger partial charge in [-0.15, -0.1) is 11.6 Å². The third kappa shape index (κ3) is 2.73. The summed E-state index contributed by atoms with van der Waals surface area (Å²) in [5.74, 6) is 0.00501. The Labute approximate surface area is 119 Å². The first kappa shape index (κ1) is 14.3. The third-order valence-corrected chi connectivity index (χ3v) is 2.47. The quantitative estimate of drug-likeness (QED) is 0.556. The average Bonchev–Trinajstić information content (AvgIpc) is 2.78. The van der Waals surface area contributed by atoms with Gasteiger partial charge in [0.05, 0.1) is 0 Å². The van der Waals surface area contributed by atoms with Gasteiger partial charge in [0.15, 0.2) is 5.69 Å². The maximum Gasteiger partial charge on any atom is 0.162 e. The van der Waals surface area contributed by atoms with Crippen molar-refractivity contribution in [1.82, 2.24) is 9.78 Å². The predicted octanol–water partition coefficient (Wildman–Crippen LogP) is 2.05. The summed E-state index contributed by atoms with van der Waals surface area (Å²) in [5, 5.41) is 12.7. The fraction of sp³-hybridized carbons (Fsp3) is 0.154. The van der Waals surface area contributed by atoms with E-state index < -0.39 is 0 Å². The molecule has 0 saturated heterocycles. The Hall–Kier alpha value is -1.76. The van der Waals surface area contributed by atoms with E-state index >= 15 is 0 Å². The topological polar surface area (TPSA) is 58.7 Å². The molecule has 4 nitrogen and oxygen atoms in total. The summed E-state index contributed by atoms with van der Waals surface area (Å²) in [7, 11) is 0. The minimum atomic E-state index is 0. The van der Waals surface area contributed by atoms with Gasteiger partial charge in [-0.3, -0.25) is 9.48 Å². The van der Waals surface area contributed by atoms with Crippen molar-refractivity contribution in [1.29, 1.82) is 5.26 Å². The second-order valence-electron chi connectivity index (χ2n) is 3.73. The van der Waals surface area contributed by atoms with Gasteiger partial charge in [0, 0.05) is 26.3 Å². The van der Waals surface area contributed by atoms with Crippen LogP contribution < -0.4 is 0 Å². The zero-order valence-electron chi connectivity index (χ0n) is 9.89. The summed E-state index contributed by atoms with van der Waals surface area (Å²) in [5.41, 5.74) is 2.52. The first-order chi connectivity index (χ1) is 8.11. The van der Waals surface area contributed by atoms with Crippen molar-refractivity contribution in [3.63, 3.8) is 0 Å². The van der Waals surface area contributed by atoms with Crippen molar-refractivity contribution in [2.45, 2.75) is 13.8 Å². The number of Topliss-reactive ketones (excluding diaryl/α,β-unsaturated/α-hetero) is 1. The smallest absolute Gasteiger partial charge is 0.162 e. The molecule has 0 amide bonds. The summed E-state index contributed by atoms with van der Waals surface area (Å²) in [6.45, 7) is 3.39. The molecule has 1 heterocycles. The molecule has 93 valence electrons. The van der Waals surface area contributed by atoms with E-state index in [2.05, 4.69) is 11.2 Å². The third-order valence-electron chi connectivity index (χ3n) is 2.47. The fourth-order valence-corrected chi connectivity index (χ4v) is 1.58. The molecule has 0 unspecified atom stereocenters. The molecule has 0 saturated carbocycles. The number of ketones is 1. The summed E-state index contributed by atoms with van der Waals surface area (Å²) in [6.07, 6.45) is 1.67. The van der Waals surface area contributed by atoms with Crippen LogP contribution in [0, 0.1) is 24.3 Å². The van der Waals surface area contributed by atoms with Crippen molar-refractivity contribution in [2.75, 3.05) is 0 Å². The minimum absolute atomic E-state index is 0. The number of benzene rings is 1. The van der Waals surface area contributed by atoms with Crippen LogP contribution in [0.3, 0.4) is 0 Å². The summed E-state index contributed by atoms with van der Waals surface area (Å²) in [6, 6.07) is 10.1. The van der Waals surface area contributed by atoms with E-state index in [-0.39, 0.29) is 25.9 Å². The number of aromatic nitrogens is 2. The molecule has 18 heavy (non-hydrogen) atoms. The predicted molar refractivity (Wildman–Crippen MR) is 61.9 cm³/mol. The molecule has 0 aliphatic carbocycles. The first-order valence-electron chi connectivity index (χ1n) is 5.11. The van der Waals surface area contributed by atoms with Gasteiger partial charge in [-0.2, -0.15) is 22.5 Å². The van der Waals surface area contributed by atoms with Gasteiger partial charge in [-0.05, 0) is 18.7 Å². The molecule has 0 N–H and O–H groups in total. The van der Waals surface area contributed by atoms with Gasteiger partial charge in [-0.1, -0.05) is 12.5 Å². The Kier molecular flexibility index (Phi) is 4.55. The molecule has 1 radical (unpaired) electrons. The maximum atomic E-state index is 11.4. The van der Waals surface area contributed by atoms with E-state index in [1.807, 2.05) is 13.0 Å². The molecule has 0 bridgehead atoms. The van der Waals surface area contributed by atoms with E-state index in [0.29, 0.717) is 16.9 Å². The zero-order valence-corrected chi connectivity index (χ0v) is 12.3. The Morgan fingerprint density at radius 3 is 2.83 bits per heavy atom. The first-order valence-corrected chi connectivity index (χ1v) is 5.11. The maximum absolute atomic E-state index is 11.4. The van der Waals surface area contributed by atoms with Crippen molar-refractivity contribution < 1.29 is 24.9 Å². The second-order valence-corrected chi connectivity index (χ2v) is 3.73. The number of nitrogens with zero attached hydrogens (tertiary/aromatic N) is 3. The van der Waals surface area contributed by atoms with Gasteiger partial charge >= 0.3 is 0 Å². The number of carbonyl (C=O) groups is 1. The number of nitriles is 1. The Bertz CT molecular complexity index is 625. The SMILES string of the molecule is CC(=O)c1cc(-n2ccc(C#N)n2)[c-]cc1C.[Ir]. The van der Waals surface area contributed by atoms with Crippen LogP contribution in [0.4, 0.5) is 0 Å².